The van der Waals surface area contributed by atoms with Crippen molar-refractivity contribution < 1.29 is 4.79 Å². The van der Waals surface area contributed by atoms with Gasteiger partial charge in [0.25, 0.3) is 5.91 Å². The Balaban J connectivity index is 1.80. The molecule has 3 aromatic rings. The number of aromatic nitrogens is 3. The smallest absolute Gasteiger partial charge is 0.251 e. The molecule has 2 aromatic heterocycles. The van der Waals surface area contributed by atoms with Crippen LogP contribution in [-0.4, -0.2) is 26.7 Å². The average Bonchev–Trinajstić information content (AvgIpc) is 3.11. The molecule has 5 nitrogen and oxygen atoms in total. The monoisotopic (exact) mass is 338 g/mol. The van der Waals surface area contributed by atoms with Gasteiger partial charge in [-0.15, -0.1) is 0 Å². The van der Waals surface area contributed by atoms with Crippen molar-refractivity contribution in [3.05, 3.63) is 72.3 Å². The van der Waals surface area contributed by atoms with E-state index in [1.54, 1.807) is 30.4 Å². The van der Waals surface area contributed by atoms with E-state index in [4.69, 9.17) is 0 Å². The van der Waals surface area contributed by atoms with Crippen molar-refractivity contribution in [1.82, 2.24) is 19.9 Å². The first-order valence-corrected chi connectivity index (χ1v) is 8.80. The highest BCUT2D eigenvalue weighted by Crippen LogP contribution is 2.19. The number of benzene rings is 1. The summed E-state index contributed by atoms with van der Waals surface area (Å²) in [6.45, 7) is 1.94. The van der Waals surface area contributed by atoms with Crippen LogP contribution in [0.5, 0.6) is 0 Å². The molecular formula is C18H18N4OS. The lowest BCUT2D eigenvalue weighted by Gasteiger charge is -2.14. The molecule has 122 valence electrons. The van der Waals surface area contributed by atoms with Crippen molar-refractivity contribution in [3.63, 3.8) is 0 Å². The second-order valence-corrected chi connectivity index (χ2v) is 6.09. The summed E-state index contributed by atoms with van der Waals surface area (Å²) in [6.07, 6.45) is 9.10. The molecule has 0 aliphatic heterocycles. The molecule has 1 amide bonds. The van der Waals surface area contributed by atoms with Gasteiger partial charge in [0.05, 0.1) is 6.04 Å². The van der Waals surface area contributed by atoms with Crippen LogP contribution in [0.4, 0.5) is 0 Å². The largest absolute Gasteiger partial charge is 0.345 e. The third-order valence-electron chi connectivity index (χ3n) is 3.71. The third kappa shape index (κ3) is 3.49. The number of thioether (sulfide) groups is 1. The first-order chi connectivity index (χ1) is 11.7. The Hall–Kier alpha value is -2.60. The summed E-state index contributed by atoms with van der Waals surface area (Å²) in [6, 6.07) is 11.2. The molecule has 1 atom stereocenters. The van der Waals surface area contributed by atoms with Gasteiger partial charge in [-0.1, -0.05) is 23.9 Å². The molecule has 0 saturated heterocycles. The molecule has 0 bridgehead atoms. The van der Waals surface area contributed by atoms with E-state index in [0.717, 1.165) is 16.4 Å². The number of amides is 1. The van der Waals surface area contributed by atoms with Crippen molar-refractivity contribution in [2.24, 2.45) is 0 Å². The Labute approximate surface area is 145 Å². The van der Waals surface area contributed by atoms with E-state index in [-0.39, 0.29) is 11.9 Å². The van der Waals surface area contributed by atoms with Crippen molar-refractivity contribution >= 4 is 17.7 Å². The molecule has 1 aromatic carbocycles. The molecule has 0 spiro atoms. The van der Waals surface area contributed by atoms with Gasteiger partial charge in [0.15, 0.2) is 5.16 Å². The fourth-order valence-electron chi connectivity index (χ4n) is 2.43. The van der Waals surface area contributed by atoms with Gasteiger partial charge in [0.2, 0.25) is 0 Å². The maximum atomic E-state index is 12.5. The zero-order valence-electron chi connectivity index (χ0n) is 13.5. The predicted octanol–water partition coefficient (Wildman–Crippen LogP) is 3.48. The third-order valence-corrected chi connectivity index (χ3v) is 4.38. The standard InChI is InChI=1S/C18H18N4OS/c1-13(15-6-4-8-19-12-15)21-17(23)14-5-3-7-16(11-14)22-10-9-20-18(22)24-2/h3-13H,1-2H3,(H,21,23)/t13-/m0/s1. The van der Waals surface area contributed by atoms with E-state index in [1.165, 1.54) is 0 Å². The number of nitrogens with zero attached hydrogens (tertiary/aromatic N) is 3. The fraction of sp³-hybridized carbons (Fsp3) is 0.167. The van der Waals surface area contributed by atoms with E-state index in [0.29, 0.717) is 5.56 Å². The van der Waals surface area contributed by atoms with Gasteiger partial charge >= 0.3 is 0 Å². The van der Waals surface area contributed by atoms with Gasteiger partial charge in [0, 0.05) is 36.0 Å². The predicted molar refractivity (Wildman–Crippen MR) is 95.5 cm³/mol. The zero-order chi connectivity index (χ0) is 16.9. The van der Waals surface area contributed by atoms with Crippen LogP contribution < -0.4 is 5.32 Å². The molecule has 0 saturated carbocycles. The topological polar surface area (TPSA) is 59.8 Å². The highest BCUT2D eigenvalue weighted by atomic mass is 32.2. The Morgan fingerprint density at radius 1 is 1.25 bits per heavy atom. The Kier molecular flexibility index (Phi) is 4.96. The van der Waals surface area contributed by atoms with E-state index in [9.17, 15) is 4.79 Å². The van der Waals surface area contributed by atoms with Gasteiger partial charge in [-0.05, 0) is 43.0 Å². The average molecular weight is 338 g/mol. The van der Waals surface area contributed by atoms with Gasteiger partial charge in [-0.25, -0.2) is 4.98 Å². The summed E-state index contributed by atoms with van der Waals surface area (Å²) in [5.74, 6) is -0.112. The number of hydrogen-bond acceptors (Lipinski definition) is 4. The lowest BCUT2D eigenvalue weighted by Crippen LogP contribution is -2.26. The second-order valence-electron chi connectivity index (χ2n) is 5.32. The van der Waals surface area contributed by atoms with Crippen LogP contribution in [0.2, 0.25) is 0 Å². The Morgan fingerprint density at radius 2 is 2.12 bits per heavy atom. The van der Waals surface area contributed by atoms with Gasteiger partial charge in [-0.2, -0.15) is 0 Å². The maximum Gasteiger partial charge on any atom is 0.251 e. The maximum absolute atomic E-state index is 12.5. The molecule has 3 rings (SSSR count). The molecule has 2 heterocycles. The molecule has 0 unspecified atom stereocenters. The van der Waals surface area contributed by atoms with Crippen LogP contribution >= 0.6 is 11.8 Å². The SMILES string of the molecule is CSc1nccn1-c1cccc(C(=O)N[C@@H](C)c2cccnc2)c1. The number of carbonyl (C=O) groups excluding carboxylic acids is 1. The lowest BCUT2D eigenvalue weighted by molar-refractivity contribution is 0.0940. The van der Waals surface area contributed by atoms with Crippen molar-refractivity contribution in [2.75, 3.05) is 6.26 Å². The van der Waals surface area contributed by atoms with Crippen LogP contribution in [0.3, 0.4) is 0 Å². The summed E-state index contributed by atoms with van der Waals surface area (Å²) >= 11 is 1.56. The Morgan fingerprint density at radius 3 is 2.88 bits per heavy atom. The molecule has 0 radical (unpaired) electrons. The number of hydrogen-bond donors (Lipinski definition) is 1. The first-order valence-electron chi connectivity index (χ1n) is 7.57. The number of rotatable bonds is 5. The van der Waals surface area contributed by atoms with Crippen LogP contribution in [0.25, 0.3) is 5.69 Å². The molecule has 0 fully saturated rings. The quantitative estimate of drug-likeness (QED) is 0.724. The minimum absolute atomic E-state index is 0.107. The van der Waals surface area contributed by atoms with Crippen molar-refractivity contribution in [1.29, 1.82) is 0 Å². The summed E-state index contributed by atoms with van der Waals surface area (Å²) in [5, 5.41) is 3.89. The molecular weight excluding hydrogens is 320 g/mol. The molecule has 1 N–H and O–H groups in total. The van der Waals surface area contributed by atoms with Crippen LogP contribution in [0.15, 0.2) is 66.3 Å². The van der Waals surface area contributed by atoms with Crippen molar-refractivity contribution in [2.45, 2.75) is 18.1 Å². The van der Waals surface area contributed by atoms with Crippen molar-refractivity contribution in [3.8, 4) is 5.69 Å². The fourth-order valence-corrected chi connectivity index (χ4v) is 2.96. The van der Waals surface area contributed by atoms with E-state index < -0.39 is 0 Å². The first kappa shape index (κ1) is 16.3. The lowest BCUT2D eigenvalue weighted by atomic mass is 10.1. The summed E-state index contributed by atoms with van der Waals surface area (Å²) in [5.41, 5.74) is 2.50. The normalized spacial score (nSPS) is 11.9. The van der Waals surface area contributed by atoms with E-state index in [1.807, 2.05) is 60.3 Å². The molecule has 6 heteroatoms. The highest BCUT2D eigenvalue weighted by molar-refractivity contribution is 7.98. The number of carbonyl (C=O) groups is 1. The van der Waals surface area contributed by atoms with Gasteiger partial charge < -0.3 is 5.32 Å². The van der Waals surface area contributed by atoms with Crippen LogP contribution in [-0.2, 0) is 0 Å². The summed E-state index contributed by atoms with van der Waals surface area (Å²) < 4.78 is 1.96. The van der Waals surface area contributed by atoms with E-state index >= 15 is 0 Å². The number of nitrogens with one attached hydrogen (secondary N) is 1. The molecule has 0 aliphatic rings. The number of pyridine rings is 1. The minimum atomic E-state index is -0.112. The minimum Gasteiger partial charge on any atom is -0.345 e. The van der Waals surface area contributed by atoms with Crippen LogP contribution in [0, 0.1) is 0 Å². The highest BCUT2D eigenvalue weighted by Gasteiger charge is 2.13. The summed E-state index contributed by atoms with van der Waals surface area (Å²) in [4.78, 5) is 20.9. The number of imidazole rings is 1. The van der Waals surface area contributed by atoms with E-state index in [2.05, 4.69) is 15.3 Å². The summed E-state index contributed by atoms with van der Waals surface area (Å²) in [7, 11) is 0. The van der Waals surface area contributed by atoms with Gasteiger partial charge in [0.1, 0.15) is 0 Å². The van der Waals surface area contributed by atoms with Crippen LogP contribution in [0.1, 0.15) is 28.9 Å². The molecule has 0 aliphatic carbocycles. The zero-order valence-corrected chi connectivity index (χ0v) is 14.3. The van der Waals surface area contributed by atoms with Gasteiger partial charge in [-0.3, -0.25) is 14.3 Å². The second kappa shape index (κ2) is 7.31. The Bertz CT molecular complexity index is 832. The molecule has 24 heavy (non-hydrogen) atoms.